The van der Waals surface area contributed by atoms with Gasteiger partial charge >= 0.3 is 39.5 Å². The van der Waals surface area contributed by atoms with E-state index in [1.54, 1.807) is 0 Å². The molecule has 17 nitrogen and oxygen atoms in total. The predicted molar refractivity (Wildman–Crippen MR) is 317 cm³/mol. The maximum atomic E-state index is 12.9. The molecule has 0 aromatic heterocycles. The van der Waals surface area contributed by atoms with Crippen LogP contribution in [0, 0.1) is 11.8 Å². The quantitative estimate of drug-likeness (QED) is 0.0222. The second-order valence-electron chi connectivity index (χ2n) is 22.8. The summed E-state index contributed by atoms with van der Waals surface area (Å²) in [5.41, 5.74) is 0. The van der Waals surface area contributed by atoms with Crippen molar-refractivity contribution in [2.24, 2.45) is 11.8 Å². The van der Waals surface area contributed by atoms with E-state index in [4.69, 9.17) is 37.0 Å². The number of unbranched alkanes of at least 4 members (excludes halogenated alkanes) is 29. The number of phosphoric acid groups is 2. The maximum absolute atomic E-state index is 12.9. The van der Waals surface area contributed by atoms with Gasteiger partial charge in [0.2, 0.25) is 0 Å². The summed E-state index contributed by atoms with van der Waals surface area (Å²) in [5, 5.41) is 10.5. The highest BCUT2D eigenvalue weighted by Gasteiger charge is 2.30. The van der Waals surface area contributed by atoms with Gasteiger partial charge in [-0.1, -0.05) is 247 Å². The fourth-order valence-electron chi connectivity index (χ4n) is 8.97. The predicted octanol–water partition coefficient (Wildman–Crippen LogP) is 16.5. The minimum atomic E-state index is -4.94. The van der Waals surface area contributed by atoms with Gasteiger partial charge in [-0.05, 0) is 37.5 Å². The van der Waals surface area contributed by atoms with E-state index >= 15 is 0 Å². The minimum Gasteiger partial charge on any atom is -0.462 e. The van der Waals surface area contributed by atoms with Crippen LogP contribution in [0.25, 0.3) is 0 Å². The highest BCUT2D eigenvalue weighted by Crippen LogP contribution is 2.45. The third-order valence-corrected chi connectivity index (χ3v) is 16.2. The van der Waals surface area contributed by atoms with Gasteiger partial charge in [-0.2, -0.15) is 0 Å². The molecule has 6 atom stereocenters. The van der Waals surface area contributed by atoms with Crippen molar-refractivity contribution in [2.45, 2.75) is 317 Å². The van der Waals surface area contributed by atoms with Gasteiger partial charge in [0.25, 0.3) is 0 Å². The van der Waals surface area contributed by atoms with Crippen molar-refractivity contribution >= 4 is 39.5 Å². The molecular formula is C61H118O17P2. The van der Waals surface area contributed by atoms with Crippen LogP contribution >= 0.6 is 15.6 Å². The van der Waals surface area contributed by atoms with Gasteiger partial charge in [-0.3, -0.25) is 37.3 Å². The molecule has 0 bridgehead atoms. The van der Waals surface area contributed by atoms with Crippen LogP contribution in [0.3, 0.4) is 0 Å². The Morgan fingerprint density at radius 3 is 0.950 bits per heavy atom. The largest absolute Gasteiger partial charge is 0.472 e. The summed E-state index contributed by atoms with van der Waals surface area (Å²) in [4.78, 5) is 72.0. The first kappa shape index (κ1) is 78.1. The molecule has 0 aromatic rings. The van der Waals surface area contributed by atoms with Crippen LogP contribution in [0.4, 0.5) is 0 Å². The zero-order valence-corrected chi connectivity index (χ0v) is 53.2. The topological polar surface area (TPSA) is 237 Å². The Kier molecular flexibility index (Phi) is 52.5. The molecule has 0 heterocycles. The van der Waals surface area contributed by atoms with Gasteiger partial charge in [-0.15, -0.1) is 0 Å². The first-order valence-corrected chi connectivity index (χ1v) is 35.0. The summed E-state index contributed by atoms with van der Waals surface area (Å²) in [6, 6.07) is 0. The number of hydrogen-bond acceptors (Lipinski definition) is 15. The van der Waals surface area contributed by atoms with Crippen LogP contribution in [0.5, 0.6) is 0 Å². The van der Waals surface area contributed by atoms with E-state index in [1.807, 2.05) is 0 Å². The molecule has 0 saturated heterocycles. The smallest absolute Gasteiger partial charge is 0.462 e. The highest BCUT2D eigenvalue weighted by atomic mass is 31.2. The average molecular weight is 1190 g/mol. The van der Waals surface area contributed by atoms with Crippen LogP contribution < -0.4 is 0 Å². The molecule has 0 aliphatic carbocycles. The van der Waals surface area contributed by atoms with E-state index in [0.717, 1.165) is 108 Å². The Hall–Kier alpha value is -1.94. The highest BCUT2D eigenvalue weighted by molar-refractivity contribution is 7.47. The first-order valence-electron chi connectivity index (χ1n) is 32.0. The van der Waals surface area contributed by atoms with Gasteiger partial charge in [0, 0.05) is 25.7 Å². The number of ether oxygens (including phenoxy) is 4. The van der Waals surface area contributed by atoms with E-state index in [1.165, 1.54) is 109 Å². The molecule has 0 fully saturated rings. The Morgan fingerprint density at radius 2 is 0.637 bits per heavy atom. The molecule has 0 amide bonds. The van der Waals surface area contributed by atoms with Crippen molar-refractivity contribution in [3.8, 4) is 0 Å². The van der Waals surface area contributed by atoms with Crippen LogP contribution in [-0.4, -0.2) is 96.7 Å². The summed E-state index contributed by atoms with van der Waals surface area (Å²) < 4.78 is 67.8. The lowest BCUT2D eigenvalue weighted by Crippen LogP contribution is -2.30. The summed E-state index contributed by atoms with van der Waals surface area (Å²) >= 11 is 0. The van der Waals surface area contributed by atoms with E-state index in [2.05, 4.69) is 41.5 Å². The lowest BCUT2D eigenvalue weighted by molar-refractivity contribution is -0.161. The van der Waals surface area contributed by atoms with Gasteiger partial charge in [0.1, 0.15) is 19.3 Å². The Bertz CT molecular complexity index is 1580. The van der Waals surface area contributed by atoms with Crippen molar-refractivity contribution < 1.29 is 80.2 Å². The van der Waals surface area contributed by atoms with Crippen molar-refractivity contribution in [3.05, 3.63) is 0 Å². The number of hydrogen-bond donors (Lipinski definition) is 3. The fraction of sp³-hybridized carbons (Fsp3) is 0.934. The summed E-state index contributed by atoms with van der Waals surface area (Å²) in [6.07, 6.45) is 34.8. The van der Waals surface area contributed by atoms with Crippen molar-refractivity contribution in [1.82, 2.24) is 0 Å². The van der Waals surface area contributed by atoms with Crippen LogP contribution in [-0.2, 0) is 65.4 Å². The lowest BCUT2D eigenvalue weighted by Gasteiger charge is -2.21. The third-order valence-electron chi connectivity index (χ3n) is 14.3. The van der Waals surface area contributed by atoms with E-state index in [9.17, 15) is 43.2 Å². The zero-order chi connectivity index (χ0) is 59.4. The van der Waals surface area contributed by atoms with E-state index in [-0.39, 0.29) is 25.7 Å². The lowest BCUT2D eigenvalue weighted by atomic mass is 10.00. The molecule has 0 saturated carbocycles. The first-order chi connectivity index (χ1) is 38.4. The Labute approximate surface area is 486 Å². The molecule has 0 aromatic carbocycles. The monoisotopic (exact) mass is 1180 g/mol. The standard InChI is InChI=1S/C61H118O17P2/c1-7-10-12-14-16-19-24-31-37-43-58(63)71-49-56(77-60(65)45-39-33-25-20-17-15-13-11-8-2)51-75-79(67,68)73-47-55(62)48-74-80(69,70)76-52-57(50-72-59(64)44-38-32-28-27-30-36-42-54(6)9-3)78-61(66)46-40-34-26-22-18-21-23-29-35-41-53(4)5/h53-57,62H,7-52H2,1-6H3,(H,67,68)(H,69,70)/t54?,55-,56+,57+/m0/s1. The van der Waals surface area contributed by atoms with Crippen molar-refractivity contribution in [1.29, 1.82) is 0 Å². The molecule has 0 spiro atoms. The molecule has 19 heteroatoms. The molecule has 474 valence electrons. The summed E-state index contributed by atoms with van der Waals surface area (Å²) in [6.45, 7) is 9.37. The van der Waals surface area contributed by atoms with Gasteiger partial charge < -0.3 is 33.8 Å². The second-order valence-corrected chi connectivity index (χ2v) is 25.7. The van der Waals surface area contributed by atoms with Gasteiger partial charge in [-0.25, -0.2) is 9.13 Å². The second kappa shape index (κ2) is 53.8. The summed E-state index contributed by atoms with van der Waals surface area (Å²) in [5.74, 6) is -0.674. The number of aliphatic hydroxyl groups excluding tert-OH is 1. The molecule has 0 aliphatic heterocycles. The molecule has 0 aliphatic rings. The summed E-state index contributed by atoms with van der Waals surface area (Å²) in [7, 11) is -9.88. The molecule has 3 unspecified atom stereocenters. The third kappa shape index (κ3) is 54.0. The van der Waals surface area contributed by atoms with E-state index < -0.39 is 97.5 Å². The fourth-order valence-corrected chi connectivity index (χ4v) is 10.5. The maximum Gasteiger partial charge on any atom is 0.472 e. The number of aliphatic hydroxyl groups is 1. The molecular weight excluding hydrogens is 1070 g/mol. The normalized spacial score (nSPS) is 14.7. The minimum absolute atomic E-state index is 0.104. The van der Waals surface area contributed by atoms with Gasteiger partial charge in [0.05, 0.1) is 26.4 Å². The molecule has 80 heavy (non-hydrogen) atoms. The molecule has 0 rings (SSSR count). The number of rotatable bonds is 60. The number of carbonyl (C=O) groups excluding carboxylic acids is 4. The SMILES string of the molecule is CCCCCCCCCCCC(=O)OC[C@H](COP(=O)(O)OC[C@H](O)COP(=O)(O)OC[C@@H](COC(=O)CCCCCCCCC(C)CC)OC(=O)CCCCCCCCCCCC(C)C)OC(=O)CCCCCCCCCCC. The van der Waals surface area contributed by atoms with Crippen LogP contribution in [0.15, 0.2) is 0 Å². The number of carbonyl (C=O) groups is 4. The zero-order valence-electron chi connectivity index (χ0n) is 51.4. The van der Waals surface area contributed by atoms with Crippen LogP contribution in [0.2, 0.25) is 0 Å². The van der Waals surface area contributed by atoms with Gasteiger partial charge in [0.15, 0.2) is 12.2 Å². The van der Waals surface area contributed by atoms with Crippen LogP contribution in [0.1, 0.15) is 298 Å². The van der Waals surface area contributed by atoms with Crippen molar-refractivity contribution in [2.75, 3.05) is 39.6 Å². The van der Waals surface area contributed by atoms with Crippen molar-refractivity contribution in [3.63, 3.8) is 0 Å². The van der Waals surface area contributed by atoms with E-state index in [0.29, 0.717) is 25.7 Å². The average Bonchev–Trinajstić information content (AvgIpc) is 3.42. The molecule has 0 radical (unpaired) electrons. The number of esters is 4. The number of phosphoric ester groups is 2. The Balaban J connectivity index is 5.24. The molecule has 3 N–H and O–H groups in total. The Morgan fingerprint density at radius 1 is 0.362 bits per heavy atom.